The third-order valence-electron chi connectivity index (χ3n) is 5.05. The number of aromatic nitrogens is 1. The molecular weight excluding hydrogens is 358 g/mol. The number of nitrogens with zero attached hydrogens (tertiary/aromatic N) is 3. The van der Waals surface area contributed by atoms with Crippen LogP contribution in [0.1, 0.15) is 22.8 Å². The summed E-state index contributed by atoms with van der Waals surface area (Å²) in [5.41, 5.74) is 3.04. The normalized spacial score (nSPS) is 14.6. The number of methoxy groups -OCH3 is 1. The third kappa shape index (κ3) is 3.37. The minimum atomic E-state index is 0.0321. The van der Waals surface area contributed by atoms with Gasteiger partial charge in [0.2, 0.25) is 0 Å². The zero-order chi connectivity index (χ0) is 18.8. The summed E-state index contributed by atoms with van der Waals surface area (Å²) in [6.07, 6.45) is 0.988. The Morgan fingerprint density at radius 3 is 2.63 bits per heavy atom. The van der Waals surface area contributed by atoms with Crippen LogP contribution in [0, 0.1) is 0 Å². The number of para-hydroxylation sites is 2. The first-order valence-corrected chi connectivity index (χ1v) is 10.1. The summed E-state index contributed by atoms with van der Waals surface area (Å²) < 4.78 is 6.57. The van der Waals surface area contributed by atoms with Crippen molar-refractivity contribution in [2.24, 2.45) is 0 Å². The average Bonchev–Trinajstić information content (AvgIpc) is 3.17. The second kappa shape index (κ2) is 7.56. The molecule has 27 heavy (non-hydrogen) atoms. The molecule has 4 rings (SSSR count). The fraction of sp³-hybridized carbons (Fsp3) is 0.333. The van der Waals surface area contributed by atoms with Gasteiger partial charge in [0.05, 0.1) is 22.9 Å². The minimum absolute atomic E-state index is 0.0321. The summed E-state index contributed by atoms with van der Waals surface area (Å²) in [5, 5.41) is 1.05. The molecule has 1 aromatic heterocycles. The first kappa shape index (κ1) is 17.8. The minimum Gasteiger partial charge on any atom is -0.496 e. The molecule has 1 aliphatic rings. The highest BCUT2D eigenvalue weighted by Gasteiger charge is 2.25. The van der Waals surface area contributed by atoms with Crippen LogP contribution in [0.5, 0.6) is 5.75 Å². The number of hydrogen-bond acceptors (Lipinski definition) is 5. The first-order chi connectivity index (χ1) is 13.2. The molecule has 5 nitrogen and oxygen atoms in total. The van der Waals surface area contributed by atoms with Crippen LogP contribution < -0.4 is 9.64 Å². The highest BCUT2D eigenvalue weighted by molar-refractivity contribution is 7.22. The second-order valence-electron chi connectivity index (χ2n) is 6.59. The van der Waals surface area contributed by atoms with Crippen molar-refractivity contribution in [2.45, 2.75) is 13.3 Å². The van der Waals surface area contributed by atoms with Crippen molar-refractivity contribution in [3.63, 3.8) is 0 Å². The maximum absolute atomic E-state index is 12.9. The van der Waals surface area contributed by atoms with Crippen molar-refractivity contribution in [3.05, 3.63) is 53.6 Å². The number of benzene rings is 2. The molecule has 1 aliphatic heterocycles. The fourth-order valence-electron chi connectivity index (χ4n) is 3.51. The zero-order valence-electron chi connectivity index (χ0n) is 15.6. The van der Waals surface area contributed by atoms with E-state index in [-0.39, 0.29) is 5.91 Å². The maximum atomic E-state index is 12.9. The SMILES string of the molecule is CCc1cccc2sc(N3CCN(C(=O)c4ccccc4OC)CC3)nc12. The monoisotopic (exact) mass is 381 g/mol. The van der Waals surface area contributed by atoms with Crippen LogP contribution in [0.2, 0.25) is 0 Å². The Morgan fingerprint density at radius 1 is 1.11 bits per heavy atom. The van der Waals surface area contributed by atoms with E-state index in [1.54, 1.807) is 18.4 Å². The molecule has 0 atom stereocenters. The van der Waals surface area contributed by atoms with Crippen LogP contribution in [0.15, 0.2) is 42.5 Å². The van der Waals surface area contributed by atoms with Gasteiger partial charge in [-0.05, 0) is 30.2 Å². The molecule has 2 heterocycles. The quantitative estimate of drug-likeness (QED) is 0.689. The number of ether oxygens (including phenoxy) is 1. The molecule has 0 bridgehead atoms. The fourth-order valence-corrected chi connectivity index (χ4v) is 4.57. The number of carbonyl (C=O) groups excluding carboxylic acids is 1. The molecule has 0 N–H and O–H groups in total. The van der Waals surface area contributed by atoms with Gasteiger partial charge < -0.3 is 14.5 Å². The molecule has 0 aliphatic carbocycles. The standard InChI is InChI=1S/C21H23N3O2S/c1-3-15-7-6-10-18-19(15)22-21(27-18)24-13-11-23(12-14-24)20(25)16-8-4-5-9-17(16)26-2/h4-10H,3,11-14H2,1-2H3. The Hall–Kier alpha value is -2.60. The van der Waals surface area contributed by atoms with E-state index >= 15 is 0 Å². The van der Waals surface area contributed by atoms with Gasteiger partial charge in [-0.3, -0.25) is 4.79 Å². The van der Waals surface area contributed by atoms with E-state index in [1.165, 1.54) is 10.3 Å². The lowest BCUT2D eigenvalue weighted by Crippen LogP contribution is -2.48. The van der Waals surface area contributed by atoms with Crippen molar-refractivity contribution < 1.29 is 9.53 Å². The first-order valence-electron chi connectivity index (χ1n) is 9.27. The van der Waals surface area contributed by atoms with Gasteiger partial charge in [0.15, 0.2) is 5.13 Å². The predicted molar refractivity (Wildman–Crippen MR) is 110 cm³/mol. The van der Waals surface area contributed by atoms with Crippen LogP contribution in [0.3, 0.4) is 0 Å². The number of aryl methyl sites for hydroxylation is 1. The van der Waals surface area contributed by atoms with Gasteiger partial charge >= 0.3 is 0 Å². The van der Waals surface area contributed by atoms with Crippen molar-refractivity contribution in [1.82, 2.24) is 9.88 Å². The Labute approximate surface area is 163 Å². The van der Waals surface area contributed by atoms with E-state index in [0.717, 1.165) is 30.2 Å². The Balaban J connectivity index is 1.48. The number of thiazole rings is 1. The second-order valence-corrected chi connectivity index (χ2v) is 7.60. The third-order valence-corrected chi connectivity index (χ3v) is 6.13. The largest absolute Gasteiger partial charge is 0.496 e. The number of anilines is 1. The van der Waals surface area contributed by atoms with Gasteiger partial charge in [-0.15, -0.1) is 0 Å². The van der Waals surface area contributed by atoms with Gasteiger partial charge in [0.1, 0.15) is 5.75 Å². The summed E-state index contributed by atoms with van der Waals surface area (Å²) in [6, 6.07) is 13.8. The van der Waals surface area contributed by atoms with Crippen molar-refractivity contribution in [2.75, 3.05) is 38.2 Å². The number of carbonyl (C=O) groups is 1. The lowest BCUT2D eigenvalue weighted by Gasteiger charge is -2.34. The smallest absolute Gasteiger partial charge is 0.257 e. The van der Waals surface area contributed by atoms with Gasteiger partial charge in [-0.1, -0.05) is 42.5 Å². The van der Waals surface area contributed by atoms with Crippen molar-refractivity contribution >= 4 is 32.6 Å². The van der Waals surface area contributed by atoms with Gasteiger partial charge in [-0.25, -0.2) is 4.98 Å². The summed E-state index contributed by atoms with van der Waals surface area (Å²) in [7, 11) is 1.60. The Kier molecular flexibility index (Phi) is 4.99. The Morgan fingerprint density at radius 2 is 1.89 bits per heavy atom. The molecule has 1 saturated heterocycles. The summed E-state index contributed by atoms with van der Waals surface area (Å²) in [4.78, 5) is 21.9. The summed E-state index contributed by atoms with van der Waals surface area (Å²) in [5.74, 6) is 0.660. The average molecular weight is 382 g/mol. The van der Waals surface area contributed by atoms with Crippen molar-refractivity contribution in [1.29, 1.82) is 0 Å². The van der Waals surface area contributed by atoms with Crippen LogP contribution in [-0.4, -0.2) is 49.1 Å². The highest BCUT2D eigenvalue weighted by atomic mass is 32.1. The van der Waals surface area contributed by atoms with E-state index in [1.807, 2.05) is 29.2 Å². The summed E-state index contributed by atoms with van der Waals surface area (Å²) >= 11 is 1.74. The molecule has 1 amide bonds. The number of amides is 1. The van der Waals surface area contributed by atoms with E-state index in [4.69, 9.17) is 9.72 Å². The molecule has 140 valence electrons. The van der Waals surface area contributed by atoms with Crippen LogP contribution >= 0.6 is 11.3 Å². The Bertz CT molecular complexity index is 961. The number of rotatable bonds is 4. The molecule has 0 radical (unpaired) electrons. The molecule has 6 heteroatoms. The van der Waals surface area contributed by atoms with Crippen molar-refractivity contribution in [3.8, 4) is 5.75 Å². The van der Waals surface area contributed by atoms with Crippen LogP contribution in [0.25, 0.3) is 10.2 Å². The van der Waals surface area contributed by atoms with Crippen LogP contribution in [0.4, 0.5) is 5.13 Å². The van der Waals surface area contributed by atoms with Gasteiger partial charge in [0, 0.05) is 26.2 Å². The van der Waals surface area contributed by atoms with Crippen LogP contribution in [-0.2, 0) is 6.42 Å². The topological polar surface area (TPSA) is 45.7 Å². The van der Waals surface area contributed by atoms with E-state index in [9.17, 15) is 4.79 Å². The zero-order valence-corrected chi connectivity index (χ0v) is 16.5. The van der Waals surface area contributed by atoms with Gasteiger partial charge in [-0.2, -0.15) is 0 Å². The lowest BCUT2D eigenvalue weighted by molar-refractivity contribution is 0.0743. The molecule has 1 fully saturated rings. The number of fused-ring (bicyclic) bond motifs is 1. The van der Waals surface area contributed by atoms with Gasteiger partial charge in [0.25, 0.3) is 5.91 Å². The maximum Gasteiger partial charge on any atom is 0.257 e. The molecule has 2 aromatic carbocycles. The molecule has 3 aromatic rings. The molecule has 0 spiro atoms. The van der Waals surface area contributed by atoms with E-state index < -0.39 is 0 Å². The molecule has 0 saturated carbocycles. The number of piperazine rings is 1. The summed E-state index contributed by atoms with van der Waals surface area (Å²) in [6.45, 7) is 5.13. The number of hydrogen-bond donors (Lipinski definition) is 0. The van der Waals surface area contributed by atoms with E-state index in [2.05, 4.69) is 30.0 Å². The van der Waals surface area contributed by atoms with E-state index in [0.29, 0.717) is 24.4 Å². The molecular formula is C21H23N3O2S. The lowest BCUT2D eigenvalue weighted by atomic mass is 10.1. The molecule has 0 unspecified atom stereocenters. The highest BCUT2D eigenvalue weighted by Crippen LogP contribution is 2.31. The predicted octanol–water partition coefficient (Wildman–Crippen LogP) is 3.83.